The van der Waals surface area contributed by atoms with Gasteiger partial charge < -0.3 is 9.88 Å². The van der Waals surface area contributed by atoms with Crippen molar-refractivity contribution in [2.75, 3.05) is 0 Å². The SMILES string of the molecule is Cn1cncc1[C@H]1NC(=O)CC[C@H]1[N+](=O)[O-]. The second kappa shape index (κ2) is 3.92. The van der Waals surface area contributed by atoms with E-state index in [2.05, 4.69) is 10.3 Å². The third-order valence-electron chi connectivity index (χ3n) is 2.81. The zero-order chi connectivity index (χ0) is 11.7. The smallest absolute Gasteiger partial charge is 0.239 e. The number of carbonyl (C=O) groups is 1. The highest BCUT2D eigenvalue weighted by Gasteiger charge is 2.39. The van der Waals surface area contributed by atoms with Crippen LogP contribution in [-0.2, 0) is 11.8 Å². The van der Waals surface area contributed by atoms with Crippen LogP contribution in [0.5, 0.6) is 0 Å². The van der Waals surface area contributed by atoms with E-state index in [1.54, 1.807) is 24.1 Å². The van der Waals surface area contributed by atoms with E-state index in [9.17, 15) is 14.9 Å². The van der Waals surface area contributed by atoms with Crippen molar-refractivity contribution in [3.05, 3.63) is 28.3 Å². The molecule has 2 atom stereocenters. The van der Waals surface area contributed by atoms with Gasteiger partial charge in [0.1, 0.15) is 6.04 Å². The summed E-state index contributed by atoms with van der Waals surface area (Å²) in [5, 5.41) is 13.6. The van der Waals surface area contributed by atoms with Gasteiger partial charge in [0.2, 0.25) is 11.9 Å². The molecule has 0 radical (unpaired) electrons. The lowest BCUT2D eigenvalue weighted by atomic mass is 9.96. The molecule has 2 rings (SSSR count). The lowest BCUT2D eigenvalue weighted by molar-refractivity contribution is -0.530. The Morgan fingerprint density at radius 1 is 1.69 bits per heavy atom. The van der Waals surface area contributed by atoms with Crippen molar-refractivity contribution in [3.8, 4) is 0 Å². The molecular formula is C9H12N4O3. The normalized spacial score (nSPS) is 25.2. The first kappa shape index (κ1) is 10.6. The molecule has 1 saturated heterocycles. The van der Waals surface area contributed by atoms with Crippen LogP contribution in [0.1, 0.15) is 24.6 Å². The van der Waals surface area contributed by atoms with Crippen molar-refractivity contribution in [2.24, 2.45) is 7.05 Å². The predicted molar refractivity (Wildman–Crippen MR) is 54.1 cm³/mol. The van der Waals surface area contributed by atoms with Crippen molar-refractivity contribution in [2.45, 2.75) is 24.9 Å². The first-order valence-electron chi connectivity index (χ1n) is 4.98. The lowest BCUT2D eigenvalue weighted by Gasteiger charge is -2.26. The van der Waals surface area contributed by atoms with E-state index in [0.29, 0.717) is 5.69 Å². The van der Waals surface area contributed by atoms with Crippen molar-refractivity contribution in [1.29, 1.82) is 0 Å². The van der Waals surface area contributed by atoms with Crippen molar-refractivity contribution in [1.82, 2.24) is 14.9 Å². The Morgan fingerprint density at radius 3 is 3.00 bits per heavy atom. The van der Waals surface area contributed by atoms with Gasteiger partial charge in [-0.15, -0.1) is 0 Å². The highest BCUT2D eigenvalue weighted by molar-refractivity contribution is 5.77. The number of rotatable bonds is 2. The summed E-state index contributed by atoms with van der Waals surface area (Å²) in [7, 11) is 1.75. The molecule has 1 aliphatic heterocycles. The average Bonchev–Trinajstić information content (AvgIpc) is 2.63. The number of nitrogens with one attached hydrogen (secondary N) is 1. The second-order valence-electron chi connectivity index (χ2n) is 3.87. The van der Waals surface area contributed by atoms with E-state index >= 15 is 0 Å². The first-order chi connectivity index (χ1) is 7.59. The standard InChI is InChI=1S/C9H12N4O3/c1-12-5-10-4-7(12)9-6(13(15)16)2-3-8(14)11-9/h4-6,9H,2-3H2,1H3,(H,11,14)/t6-,9+/m1/s1. The summed E-state index contributed by atoms with van der Waals surface area (Å²) in [6, 6.07) is -1.35. The number of carbonyl (C=O) groups excluding carboxylic acids is 1. The number of hydrogen-bond donors (Lipinski definition) is 1. The summed E-state index contributed by atoms with van der Waals surface area (Å²) in [5.74, 6) is -0.149. The molecule has 1 amide bonds. The quantitative estimate of drug-likeness (QED) is 0.566. The van der Waals surface area contributed by atoms with E-state index in [1.165, 1.54) is 0 Å². The van der Waals surface area contributed by atoms with Gasteiger partial charge in [-0.25, -0.2) is 4.98 Å². The molecule has 1 fully saturated rings. The number of aryl methyl sites for hydroxylation is 1. The summed E-state index contributed by atoms with van der Waals surface area (Å²) >= 11 is 0. The van der Waals surface area contributed by atoms with Gasteiger partial charge in [-0.05, 0) is 0 Å². The Labute approximate surface area is 91.6 Å². The Bertz CT molecular complexity index is 428. The molecule has 1 N–H and O–H groups in total. The minimum Gasteiger partial charge on any atom is -0.341 e. The molecule has 7 nitrogen and oxygen atoms in total. The van der Waals surface area contributed by atoms with Crippen LogP contribution in [0.2, 0.25) is 0 Å². The van der Waals surface area contributed by atoms with Crippen molar-refractivity contribution < 1.29 is 9.72 Å². The average molecular weight is 224 g/mol. The van der Waals surface area contributed by atoms with E-state index in [1.807, 2.05) is 0 Å². The van der Waals surface area contributed by atoms with Crippen LogP contribution in [0, 0.1) is 10.1 Å². The molecule has 0 unspecified atom stereocenters. The zero-order valence-corrected chi connectivity index (χ0v) is 8.79. The Morgan fingerprint density at radius 2 is 2.44 bits per heavy atom. The Balaban J connectivity index is 2.31. The third kappa shape index (κ3) is 1.75. The molecule has 1 aromatic rings. The van der Waals surface area contributed by atoms with Crippen LogP contribution < -0.4 is 5.32 Å². The van der Waals surface area contributed by atoms with Gasteiger partial charge in [0.05, 0.1) is 18.2 Å². The maximum Gasteiger partial charge on any atom is 0.239 e. The van der Waals surface area contributed by atoms with Gasteiger partial charge in [0.25, 0.3) is 0 Å². The monoisotopic (exact) mass is 224 g/mol. The lowest BCUT2D eigenvalue weighted by Crippen LogP contribution is -2.45. The van der Waals surface area contributed by atoms with E-state index in [4.69, 9.17) is 0 Å². The van der Waals surface area contributed by atoms with Gasteiger partial charge in [-0.1, -0.05) is 0 Å². The van der Waals surface area contributed by atoms with E-state index in [-0.39, 0.29) is 23.7 Å². The predicted octanol–water partition coefficient (Wildman–Crippen LogP) is 0.0165. The van der Waals surface area contributed by atoms with Gasteiger partial charge in [-0.3, -0.25) is 14.9 Å². The van der Waals surface area contributed by atoms with E-state index < -0.39 is 12.1 Å². The fourth-order valence-electron chi connectivity index (χ4n) is 1.95. The van der Waals surface area contributed by atoms with Crippen LogP contribution in [0.25, 0.3) is 0 Å². The maximum atomic E-state index is 11.3. The highest BCUT2D eigenvalue weighted by Crippen LogP contribution is 2.25. The maximum absolute atomic E-state index is 11.3. The van der Waals surface area contributed by atoms with Gasteiger partial charge in [-0.2, -0.15) is 0 Å². The number of hydrogen-bond acceptors (Lipinski definition) is 4. The molecule has 2 heterocycles. The van der Waals surface area contributed by atoms with Crippen LogP contribution in [0.4, 0.5) is 0 Å². The van der Waals surface area contributed by atoms with Gasteiger partial charge in [0.15, 0.2) is 0 Å². The molecule has 7 heteroatoms. The molecule has 16 heavy (non-hydrogen) atoms. The fraction of sp³-hybridized carbons (Fsp3) is 0.556. The minimum atomic E-state index is -0.770. The molecule has 1 aromatic heterocycles. The van der Waals surface area contributed by atoms with Gasteiger partial charge >= 0.3 is 0 Å². The molecule has 86 valence electrons. The van der Waals surface area contributed by atoms with Gasteiger partial charge in [0, 0.05) is 24.8 Å². The number of piperidine rings is 1. The molecule has 0 spiro atoms. The van der Waals surface area contributed by atoms with Crippen LogP contribution in [0.3, 0.4) is 0 Å². The molecule has 0 bridgehead atoms. The summed E-state index contributed by atoms with van der Waals surface area (Å²) in [6.07, 6.45) is 3.59. The molecular weight excluding hydrogens is 212 g/mol. The Hall–Kier alpha value is -1.92. The van der Waals surface area contributed by atoms with E-state index in [0.717, 1.165) is 0 Å². The second-order valence-corrected chi connectivity index (χ2v) is 3.87. The molecule has 0 saturated carbocycles. The van der Waals surface area contributed by atoms with Crippen LogP contribution >= 0.6 is 0 Å². The number of imidazole rings is 1. The summed E-state index contributed by atoms with van der Waals surface area (Å²) in [6.45, 7) is 0. The first-order valence-corrected chi connectivity index (χ1v) is 4.98. The van der Waals surface area contributed by atoms with Crippen LogP contribution in [0.15, 0.2) is 12.5 Å². The number of nitro groups is 1. The Kier molecular flexibility index (Phi) is 2.59. The highest BCUT2D eigenvalue weighted by atomic mass is 16.6. The summed E-state index contributed by atoms with van der Waals surface area (Å²) in [5.41, 5.74) is 0.662. The van der Waals surface area contributed by atoms with Crippen molar-refractivity contribution >= 4 is 5.91 Å². The topological polar surface area (TPSA) is 90.1 Å². The third-order valence-corrected chi connectivity index (χ3v) is 2.81. The van der Waals surface area contributed by atoms with Crippen molar-refractivity contribution in [3.63, 3.8) is 0 Å². The molecule has 0 aromatic carbocycles. The summed E-state index contributed by atoms with van der Waals surface area (Å²) in [4.78, 5) is 25.8. The molecule has 0 aliphatic carbocycles. The zero-order valence-electron chi connectivity index (χ0n) is 8.79. The number of amides is 1. The largest absolute Gasteiger partial charge is 0.341 e. The summed E-state index contributed by atoms with van der Waals surface area (Å²) < 4.78 is 1.69. The molecule has 1 aliphatic rings. The fourth-order valence-corrected chi connectivity index (χ4v) is 1.95. The number of nitrogens with zero attached hydrogens (tertiary/aromatic N) is 3. The van der Waals surface area contributed by atoms with Crippen LogP contribution in [-0.4, -0.2) is 26.4 Å². The number of aromatic nitrogens is 2. The minimum absolute atomic E-state index is 0.149.